The van der Waals surface area contributed by atoms with E-state index in [1.54, 1.807) is 12.3 Å². The zero-order valence-corrected chi connectivity index (χ0v) is 11.6. The first-order valence-corrected chi connectivity index (χ1v) is 6.33. The molecule has 0 aliphatic rings. The van der Waals surface area contributed by atoms with Gasteiger partial charge >= 0.3 is 0 Å². The summed E-state index contributed by atoms with van der Waals surface area (Å²) in [4.78, 5) is 4.10. The number of thiocarbonyl (C=S) groups is 1. The third kappa shape index (κ3) is 3.08. The molecule has 0 aliphatic heterocycles. The van der Waals surface area contributed by atoms with Gasteiger partial charge in [0.05, 0.1) is 12.2 Å². The Labute approximate surface area is 120 Å². The minimum absolute atomic E-state index is 0.0464. The van der Waals surface area contributed by atoms with E-state index in [0.717, 1.165) is 23.4 Å². The third-order valence-electron chi connectivity index (χ3n) is 2.88. The van der Waals surface area contributed by atoms with E-state index < -0.39 is 11.6 Å². The number of nitrogens with one attached hydrogen (secondary N) is 1. The number of anilines is 1. The number of halogens is 2. The van der Waals surface area contributed by atoms with Crippen molar-refractivity contribution in [3.63, 3.8) is 0 Å². The van der Waals surface area contributed by atoms with E-state index in [2.05, 4.69) is 10.3 Å². The molecule has 3 nitrogen and oxygen atoms in total. The predicted molar refractivity (Wildman–Crippen MR) is 78.5 cm³/mol. The van der Waals surface area contributed by atoms with E-state index in [4.69, 9.17) is 18.0 Å². The number of nitrogens with zero attached hydrogens (tertiary/aromatic N) is 1. The highest BCUT2D eigenvalue weighted by Gasteiger charge is 2.12. The van der Waals surface area contributed by atoms with Crippen molar-refractivity contribution in [1.82, 2.24) is 4.98 Å². The fourth-order valence-corrected chi connectivity index (χ4v) is 1.88. The summed E-state index contributed by atoms with van der Waals surface area (Å²) < 4.78 is 27.7. The number of aryl methyl sites for hydroxylation is 1. The number of rotatable bonds is 4. The van der Waals surface area contributed by atoms with Gasteiger partial charge in [0.25, 0.3) is 0 Å². The Kier molecular flexibility index (Phi) is 4.24. The lowest BCUT2D eigenvalue weighted by Gasteiger charge is -2.11. The monoisotopic (exact) mass is 293 g/mol. The van der Waals surface area contributed by atoms with Gasteiger partial charge in [-0.2, -0.15) is 0 Å². The smallest absolute Gasteiger partial charge is 0.150 e. The highest BCUT2D eigenvalue weighted by Crippen LogP contribution is 2.21. The van der Waals surface area contributed by atoms with E-state index in [-0.39, 0.29) is 22.8 Å². The summed E-state index contributed by atoms with van der Waals surface area (Å²) in [6.45, 7) is 2.11. The van der Waals surface area contributed by atoms with E-state index in [9.17, 15) is 8.78 Å². The van der Waals surface area contributed by atoms with Gasteiger partial charge in [0, 0.05) is 11.8 Å². The van der Waals surface area contributed by atoms with Crippen molar-refractivity contribution < 1.29 is 8.78 Å². The van der Waals surface area contributed by atoms with Gasteiger partial charge < -0.3 is 11.1 Å². The molecule has 0 aliphatic carbocycles. The zero-order valence-electron chi connectivity index (χ0n) is 10.8. The molecule has 3 N–H and O–H groups in total. The predicted octanol–water partition coefficient (Wildman–Crippen LogP) is 2.91. The lowest BCUT2D eigenvalue weighted by atomic mass is 10.1. The van der Waals surface area contributed by atoms with Crippen molar-refractivity contribution in [2.75, 3.05) is 5.32 Å². The normalized spacial score (nSPS) is 10.3. The maximum Gasteiger partial charge on any atom is 0.150 e. The molecular weight excluding hydrogens is 280 g/mol. The van der Waals surface area contributed by atoms with Gasteiger partial charge in [0.1, 0.15) is 22.3 Å². The molecule has 104 valence electrons. The van der Waals surface area contributed by atoms with Gasteiger partial charge in [-0.05, 0) is 30.7 Å². The molecule has 0 unspecified atom stereocenters. The number of aromatic nitrogens is 1. The second-order valence-corrected chi connectivity index (χ2v) is 4.74. The lowest BCUT2D eigenvalue weighted by Crippen LogP contribution is -2.12. The number of hydrogen-bond acceptors (Lipinski definition) is 3. The first-order valence-electron chi connectivity index (χ1n) is 5.92. The molecule has 0 fully saturated rings. The molecule has 20 heavy (non-hydrogen) atoms. The zero-order chi connectivity index (χ0) is 14.7. The lowest BCUT2D eigenvalue weighted by molar-refractivity contribution is 0.587. The van der Waals surface area contributed by atoms with Crippen molar-refractivity contribution in [2.45, 2.75) is 13.5 Å². The summed E-state index contributed by atoms with van der Waals surface area (Å²) in [5, 5.41) is 2.71. The first kappa shape index (κ1) is 14.3. The summed E-state index contributed by atoms with van der Waals surface area (Å²) in [5.41, 5.74) is 6.97. The summed E-state index contributed by atoms with van der Waals surface area (Å²) in [6, 6.07) is 5.90. The minimum Gasteiger partial charge on any atom is -0.389 e. The first-order chi connectivity index (χ1) is 9.49. The highest BCUT2D eigenvalue weighted by atomic mass is 32.1. The van der Waals surface area contributed by atoms with Crippen LogP contribution in [0.1, 0.15) is 16.8 Å². The molecule has 1 aromatic carbocycles. The van der Waals surface area contributed by atoms with Crippen LogP contribution >= 0.6 is 12.2 Å². The number of nitrogens with two attached hydrogens (primary N) is 1. The Hall–Kier alpha value is -2.08. The third-order valence-corrected chi connectivity index (χ3v) is 3.11. The Bertz CT molecular complexity index is 636. The number of hydrogen-bond donors (Lipinski definition) is 2. The largest absolute Gasteiger partial charge is 0.389 e. The van der Waals surface area contributed by atoms with Crippen molar-refractivity contribution >= 4 is 22.9 Å². The quantitative estimate of drug-likeness (QED) is 0.851. The van der Waals surface area contributed by atoms with Gasteiger partial charge in [-0.25, -0.2) is 8.78 Å². The van der Waals surface area contributed by atoms with Gasteiger partial charge in [0.15, 0.2) is 0 Å². The molecule has 0 spiro atoms. The standard InChI is InChI=1S/C14H13F2N3S/c1-8-3-2-4-18-12(8)7-19-13-10(15)5-9(14(17)20)6-11(13)16/h2-6,19H,7H2,1H3,(H2,17,20). The van der Waals surface area contributed by atoms with Gasteiger partial charge in [-0.1, -0.05) is 18.3 Å². The highest BCUT2D eigenvalue weighted by molar-refractivity contribution is 7.80. The molecular formula is C14H13F2N3S. The van der Waals surface area contributed by atoms with Crippen molar-refractivity contribution in [2.24, 2.45) is 5.73 Å². The van der Waals surface area contributed by atoms with Crippen molar-refractivity contribution in [1.29, 1.82) is 0 Å². The summed E-state index contributed by atoms with van der Waals surface area (Å²) in [5.74, 6) is -1.47. The molecule has 1 heterocycles. The fraction of sp³-hybridized carbons (Fsp3) is 0.143. The Morgan fingerprint density at radius 3 is 2.55 bits per heavy atom. The topological polar surface area (TPSA) is 50.9 Å². The van der Waals surface area contributed by atoms with E-state index >= 15 is 0 Å². The van der Waals surface area contributed by atoms with Crippen molar-refractivity contribution in [3.05, 3.63) is 58.9 Å². The molecule has 2 aromatic rings. The van der Waals surface area contributed by atoms with Crippen LogP contribution in [-0.2, 0) is 6.54 Å². The molecule has 0 saturated carbocycles. The summed E-state index contributed by atoms with van der Waals surface area (Å²) in [7, 11) is 0. The van der Waals surface area contributed by atoms with Crippen LogP contribution in [0.3, 0.4) is 0 Å². The van der Waals surface area contributed by atoms with Gasteiger partial charge in [0.2, 0.25) is 0 Å². The van der Waals surface area contributed by atoms with Crippen LogP contribution in [0.25, 0.3) is 0 Å². The van der Waals surface area contributed by atoms with Crippen molar-refractivity contribution in [3.8, 4) is 0 Å². The summed E-state index contributed by atoms with van der Waals surface area (Å²) >= 11 is 4.70. The Morgan fingerprint density at radius 1 is 1.35 bits per heavy atom. The second kappa shape index (κ2) is 5.92. The second-order valence-electron chi connectivity index (χ2n) is 4.30. The molecule has 0 amide bonds. The van der Waals surface area contributed by atoms with E-state index in [1.165, 1.54) is 0 Å². The van der Waals surface area contributed by atoms with Crippen LogP contribution in [-0.4, -0.2) is 9.97 Å². The molecule has 0 radical (unpaired) electrons. The summed E-state index contributed by atoms with van der Waals surface area (Å²) in [6.07, 6.45) is 1.63. The Balaban J connectivity index is 2.22. The maximum absolute atomic E-state index is 13.8. The van der Waals surface area contributed by atoms with E-state index in [1.807, 2.05) is 13.0 Å². The minimum atomic E-state index is -0.735. The molecule has 1 aromatic heterocycles. The average Bonchev–Trinajstić information content (AvgIpc) is 2.39. The average molecular weight is 293 g/mol. The van der Waals surface area contributed by atoms with Crippen LogP contribution in [0.15, 0.2) is 30.5 Å². The molecule has 0 atom stereocenters. The van der Waals surface area contributed by atoms with Crippen LogP contribution in [0, 0.1) is 18.6 Å². The molecule has 0 saturated heterocycles. The van der Waals surface area contributed by atoms with Crippen LogP contribution < -0.4 is 11.1 Å². The molecule has 2 rings (SSSR count). The maximum atomic E-state index is 13.8. The molecule has 0 bridgehead atoms. The Morgan fingerprint density at radius 2 is 2.00 bits per heavy atom. The van der Waals surface area contributed by atoms with Gasteiger partial charge in [-0.15, -0.1) is 0 Å². The van der Waals surface area contributed by atoms with E-state index in [0.29, 0.717) is 0 Å². The fourth-order valence-electron chi connectivity index (χ4n) is 1.76. The van der Waals surface area contributed by atoms with Crippen LogP contribution in [0.5, 0.6) is 0 Å². The van der Waals surface area contributed by atoms with Crippen LogP contribution in [0.2, 0.25) is 0 Å². The molecule has 6 heteroatoms. The SMILES string of the molecule is Cc1cccnc1CNc1c(F)cc(C(N)=S)cc1F. The van der Waals surface area contributed by atoms with Crippen LogP contribution in [0.4, 0.5) is 14.5 Å². The number of benzene rings is 1. The number of pyridine rings is 1. The van der Waals surface area contributed by atoms with Gasteiger partial charge in [-0.3, -0.25) is 4.98 Å².